The van der Waals surface area contributed by atoms with E-state index >= 15 is 0 Å². The lowest BCUT2D eigenvalue weighted by Crippen LogP contribution is -2.39. The average Bonchev–Trinajstić information content (AvgIpc) is 3.44. The Balaban J connectivity index is 1.67. The number of rotatable bonds is 7. The van der Waals surface area contributed by atoms with Crippen molar-refractivity contribution < 1.29 is 4.79 Å². The van der Waals surface area contributed by atoms with E-state index < -0.39 is 0 Å². The Morgan fingerprint density at radius 1 is 1.12 bits per heavy atom. The zero-order valence-electron chi connectivity index (χ0n) is 14.3. The van der Waals surface area contributed by atoms with Crippen molar-refractivity contribution in [1.29, 1.82) is 0 Å². The molecule has 0 aromatic heterocycles. The van der Waals surface area contributed by atoms with Gasteiger partial charge >= 0.3 is 0 Å². The monoisotopic (exact) mass is 322 g/mol. The van der Waals surface area contributed by atoms with Gasteiger partial charge < -0.3 is 10.6 Å². The van der Waals surface area contributed by atoms with Crippen molar-refractivity contribution in [3.63, 3.8) is 0 Å². The first-order valence-electron chi connectivity index (χ1n) is 8.82. The van der Waals surface area contributed by atoms with Crippen LogP contribution in [0.25, 0.3) is 0 Å². The van der Waals surface area contributed by atoms with Crippen molar-refractivity contribution in [2.24, 2.45) is 5.92 Å². The lowest BCUT2D eigenvalue weighted by molar-refractivity contribution is -0.134. The molecule has 1 aliphatic carbocycles. The van der Waals surface area contributed by atoms with Crippen LogP contribution in [0.2, 0.25) is 0 Å². The molecule has 2 N–H and O–H groups in total. The topological polar surface area (TPSA) is 46.3 Å². The first-order valence-corrected chi connectivity index (χ1v) is 8.82. The molecule has 3 rings (SSSR count). The standard InChI is InChI=1S/C21H26N2O/c1-16(18-11-12-18)23(15-17-7-3-2-4-8-17)21(24)14-13-19-9-5-6-10-20(19)22/h2-10,16,18H,11-15,22H2,1H3. The molecular formula is C21H26N2O. The van der Waals surface area contributed by atoms with Gasteiger partial charge in [0, 0.05) is 24.7 Å². The van der Waals surface area contributed by atoms with Crippen LogP contribution in [0.5, 0.6) is 0 Å². The van der Waals surface area contributed by atoms with Gasteiger partial charge in [0.05, 0.1) is 0 Å². The second-order valence-corrected chi connectivity index (χ2v) is 6.78. The summed E-state index contributed by atoms with van der Waals surface area (Å²) in [6.45, 7) is 2.89. The summed E-state index contributed by atoms with van der Waals surface area (Å²) in [5.74, 6) is 0.890. The summed E-state index contributed by atoms with van der Waals surface area (Å²) < 4.78 is 0. The van der Waals surface area contributed by atoms with E-state index in [-0.39, 0.29) is 5.91 Å². The number of amides is 1. The molecule has 2 aromatic rings. The summed E-state index contributed by atoms with van der Waals surface area (Å²) in [7, 11) is 0. The molecule has 126 valence electrons. The molecule has 1 fully saturated rings. The second kappa shape index (κ2) is 7.52. The molecule has 2 aromatic carbocycles. The van der Waals surface area contributed by atoms with Crippen LogP contribution < -0.4 is 5.73 Å². The van der Waals surface area contributed by atoms with Gasteiger partial charge in [-0.25, -0.2) is 0 Å². The third-order valence-electron chi connectivity index (χ3n) is 4.98. The number of anilines is 1. The van der Waals surface area contributed by atoms with Gasteiger partial charge in [-0.3, -0.25) is 4.79 Å². The minimum Gasteiger partial charge on any atom is -0.399 e. The van der Waals surface area contributed by atoms with Crippen LogP contribution in [0.1, 0.15) is 37.3 Å². The smallest absolute Gasteiger partial charge is 0.223 e. The van der Waals surface area contributed by atoms with Crippen LogP contribution >= 0.6 is 0 Å². The summed E-state index contributed by atoms with van der Waals surface area (Å²) in [5.41, 5.74) is 9.02. The molecule has 0 heterocycles. The molecule has 1 unspecified atom stereocenters. The maximum absolute atomic E-state index is 12.9. The van der Waals surface area contributed by atoms with Crippen LogP contribution in [-0.2, 0) is 17.8 Å². The SMILES string of the molecule is CC(C1CC1)N(Cc1ccccc1)C(=O)CCc1ccccc1N. The molecule has 0 bridgehead atoms. The molecule has 1 atom stereocenters. The first kappa shape index (κ1) is 16.6. The van der Waals surface area contributed by atoms with Crippen molar-refractivity contribution in [2.75, 3.05) is 5.73 Å². The predicted molar refractivity (Wildman–Crippen MR) is 98.4 cm³/mol. The summed E-state index contributed by atoms with van der Waals surface area (Å²) in [6, 6.07) is 18.4. The minimum atomic E-state index is 0.224. The fraction of sp³-hybridized carbons (Fsp3) is 0.381. The van der Waals surface area contributed by atoms with E-state index in [2.05, 4.69) is 24.0 Å². The minimum absolute atomic E-state index is 0.224. The van der Waals surface area contributed by atoms with Crippen molar-refractivity contribution in [3.05, 3.63) is 65.7 Å². The molecule has 1 saturated carbocycles. The predicted octanol–water partition coefficient (Wildman–Crippen LogP) is 4.03. The zero-order chi connectivity index (χ0) is 16.9. The van der Waals surface area contributed by atoms with E-state index in [1.165, 1.54) is 18.4 Å². The van der Waals surface area contributed by atoms with E-state index in [1.807, 2.05) is 42.5 Å². The number of hydrogen-bond donors (Lipinski definition) is 1. The highest BCUT2D eigenvalue weighted by Crippen LogP contribution is 2.36. The number of nitrogens with two attached hydrogens (primary N) is 1. The Labute approximate surface area is 144 Å². The molecule has 3 nitrogen and oxygen atoms in total. The normalized spacial score (nSPS) is 15.0. The van der Waals surface area contributed by atoms with Crippen LogP contribution in [-0.4, -0.2) is 16.8 Å². The van der Waals surface area contributed by atoms with Crippen molar-refractivity contribution in [2.45, 2.75) is 45.2 Å². The van der Waals surface area contributed by atoms with Gasteiger partial charge in [0.2, 0.25) is 5.91 Å². The van der Waals surface area contributed by atoms with Crippen LogP contribution in [0.15, 0.2) is 54.6 Å². The maximum atomic E-state index is 12.9. The maximum Gasteiger partial charge on any atom is 0.223 e. The fourth-order valence-electron chi connectivity index (χ4n) is 3.22. The van der Waals surface area contributed by atoms with Gasteiger partial charge in [0.1, 0.15) is 0 Å². The molecule has 0 aliphatic heterocycles. The third kappa shape index (κ3) is 4.16. The molecular weight excluding hydrogens is 296 g/mol. The Hall–Kier alpha value is -2.29. The van der Waals surface area contributed by atoms with Gasteiger partial charge in [-0.15, -0.1) is 0 Å². The average molecular weight is 322 g/mol. The Morgan fingerprint density at radius 2 is 1.79 bits per heavy atom. The van der Waals surface area contributed by atoms with Crippen molar-refractivity contribution in [1.82, 2.24) is 4.90 Å². The highest BCUT2D eigenvalue weighted by atomic mass is 16.2. The van der Waals surface area contributed by atoms with Crippen LogP contribution in [0.4, 0.5) is 5.69 Å². The van der Waals surface area contributed by atoms with Crippen LogP contribution in [0, 0.1) is 5.92 Å². The number of carbonyl (C=O) groups is 1. The van der Waals surface area contributed by atoms with E-state index in [4.69, 9.17) is 5.73 Å². The lowest BCUT2D eigenvalue weighted by Gasteiger charge is -2.30. The zero-order valence-corrected chi connectivity index (χ0v) is 14.3. The third-order valence-corrected chi connectivity index (χ3v) is 4.98. The lowest BCUT2D eigenvalue weighted by atomic mass is 10.1. The highest BCUT2D eigenvalue weighted by Gasteiger charge is 2.34. The Morgan fingerprint density at radius 3 is 2.46 bits per heavy atom. The number of benzene rings is 2. The number of nitrogens with zero attached hydrogens (tertiary/aromatic N) is 1. The quantitative estimate of drug-likeness (QED) is 0.782. The second-order valence-electron chi connectivity index (χ2n) is 6.78. The fourth-order valence-corrected chi connectivity index (χ4v) is 3.22. The van der Waals surface area contributed by atoms with E-state index in [0.29, 0.717) is 31.3 Å². The Bertz CT molecular complexity index is 679. The molecule has 0 radical (unpaired) electrons. The number of para-hydroxylation sites is 1. The van der Waals surface area contributed by atoms with E-state index in [9.17, 15) is 4.79 Å². The van der Waals surface area contributed by atoms with Crippen molar-refractivity contribution >= 4 is 11.6 Å². The largest absolute Gasteiger partial charge is 0.399 e. The summed E-state index contributed by atoms with van der Waals surface area (Å²) in [6.07, 6.45) is 3.70. The molecule has 3 heteroatoms. The molecule has 0 saturated heterocycles. The first-order chi connectivity index (χ1) is 11.6. The van der Waals surface area contributed by atoms with Gasteiger partial charge in [-0.2, -0.15) is 0 Å². The molecule has 1 aliphatic rings. The highest BCUT2D eigenvalue weighted by molar-refractivity contribution is 5.77. The Kier molecular flexibility index (Phi) is 5.19. The number of carbonyl (C=O) groups excluding carboxylic acids is 1. The van der Waals surface area contributed by atoms with Gasteiger partial charge in [0.25, 0.3) is 0 Å². The molecule has 0 spiro atoms. The summed E-state index contributed by atoms with van der Waals surface area (Å²) >= 11 is 0. The van der Waals surface area contributed by atoms with E-state index in [0.717, 1.165) is 11.3 Å². The van der Waals surface area contributed by atoms with Crippen molar-refractivity contribution in [3.8, 4) is 0 Å². The number of hydrogen-bond acceptors (Lipinski definition) is 2. The molecule has 24 heavy (non-hydrogen) atoms. The number of aryl methyl sites for hydroxylation is 1. The van der Waals surface area contributed by atoms with Gasteiger partial charge in [-0.05, 0) is 49.3 Å². The van der Waals surface area contributed by atoms with Crippen LogP contribution in [0.3, 0.4) is 0 Å². The molecule has 1 amide bonds. The summed E-state index contributed by atoms with van der Waals surface area (Å²) in [4.78, 5) is 15.0. The van der Waals surface area contributed by atoms with Gasteiger partial charge in [-0.1, -0.05) is 48.5 Å². The van der Waals surface area contributed by atoms with Gasteiger partial charge in [0.15, 0.2) is 0 Å². The van der Waals surface area contributed by atoms with E-state index in [1.54, 1.807) is 0 Å². The number of nitrogen functional groups attached to an aromatic ring is 1. The summed E-state index contributed by atoms with van der Waals surface area (Å²) in [5, 5.41) is 0.